The van der Waals surface area contributed by atoms with E-state index in [9.17, 15) is 4.79 Å². The van der Waals surface area contributed by atoms with E-state index >= 15 is 0 Å². The Morgan fingerprint density at radius 3 is 2.47 bits per heavy atom. The fourth-order valence-corrected chi connectivity index (χ4v) is 1.55. The molecule has 1 amide bonds. The summed E-state index contributed by atoms with van der Waals surface area (Å²) in [4.78, 5) is 11.9. The predicted molar refractivity (Wildman–Crippen MR) is 68.7 cm³/mol. The number of aromatic nitrogens is 2. The number of aryl methyl sites for hydroxylation is 1. The average Bonchev–Trinajstić information content (AvgIpc) is 2.58. The van der Waals surface area contributed by atoms with E-state index in [2.05, 4.69) is 10.4 Å². The van der Waals surface area contributed by atoms with Crippen molar-refractivity contribution >= 4 is 11.6 Å². The number of nitrogens with one attached hydrogen (secondary N) is 1. The number of nitrogens with two attached hydrogens (primary N) is 1. The maximum atomic E-state index is 11.9. The molecule has 0 unspecified atom stereocenters. The van der Waals surface area contributed by atoms with Gasteiger partial charge in [-0.2, -0.15) is 5.10 Å². The molecular formula is C12H22N4O. The topological polar surface area (TPSA) is 72.9 Å². The Balaban J connectivity index is 2.84. The molecule has 0 aliphatic rings. The number of hydrogen-bond acceptors (Lipinski definition) is 3. The highest BCUT2D eigenvalue weighted by Gasteiger charge is 2.20. The zero-order valence-corrected chi connectivity index (χ0v) is 11.2. The summed E-state index contributed by atoms with van der Waals surface area (Å²) in [6, 6.07) is -0.491. The highest BCUT2D eigenvalue weighted by atomic mass is 16.2. The number of anilines is 1. The molecule has 96 valence electrons. The molecule has 1 atom stereocenters. The normalized spacial score (nSPS) is 13.2. The first-order valence-electron chi connectivity index (χ1n) is 5.93. The molecule has 0 aliphatic carbocycles. The highest BCUT2D eigenvalue weighted by Crippen LogP contribution is 2.22. The van der Waals surface area contributed by atoms with Crippen LogP contribution in [0.4, 0.5) is 5.69 Å². The maximum Gasteiger partial charge on any atom is 0.241 e. The van der Waals surface area contributed by atoms with Gasteiger partial charge in [-0.1, -0.05) is 27.7 Å². The van der Waals surface area contributed by atoms with Gasteiger partial charge in [0.05, 0.1) is 17.4 Å². The second kappa shape index (κ2) is 5.31. The summed E-state index contributed by atoms with van der Waals surface area (Å²) in [7, 11) is 1.84. The van der Waals surface area contributed by atoms with Crippen LogP contribution < -0.4 is 11.1 Å². The fraction of sp³-hybridized carbons (Fsp3) is 0.667. The molecule has 3 N–H and O–H groups in total. The second-order valence-corrected chi connectivity index (χ2v) is 5.02. The van der Waals surface area contributed by atoms with Crippen LogP contribution in [0.2, 0.25) is 0 Å². The Morgan fingerprint density at radius 2 is 2.00 bits per heavy atom. The quantitative estimate of drug-likeness (QED) is 0.834. The summed E-state index contributed by atoms with van der Waals surface area (Å²) in [6.45, 7) is 7.94. The van der Waals surface area contributed by atoms with Crippen molar-refractivity contribution in [3.63, 3.8) is 0 Å². The molecule has 0 radical (unpaired) electrons. The molecule has 0 aromatic carbocycles. The van der Waals surface area contributed by atoms with Crippen LogP contribution in [0.25, 0.3) is 0 Å². The van der Waals surface area contributed by atoms with Gasteiger partial charge >= 0.3 is 0 Å². The number of carbonyl (C=O) groups is 1. The zero-order chi connectivity index (χ0) is 13.2. The summed E-state index contributed by atoms with van der Waals surface area (Å²) >= 11 is 0. The van der Waals surface area contributed by atoms with Gasteiger partial charge in [-0.05, 0) is 11.8 Å². The number of nitrogens with zero attached hydrogens (tertiary/aromatic N) is 2. The van der Waals surface area contributed by atoms with Crippen molar-refractivity contribution < 1.29 is 4.79 Å². The monoisotopic (exact) mass is 238 g/mol. The third kappa shape index (κ3) is 3.30. The fourth-order valence-electron chi connectivity index (χ4n) is 1.55. The van der Waals surface area contributed by atoms with Crippen molar-refractivity contribution in [2.75, 3.05) is 5.32 Å². The molecule has 1 aromatic rings. The van der Waals surface area contributed by atoms with Crippen molar-refractivity contribution in [2.45, 2.75) is 39.7 Å². The average molecular weight is 238 g/mol. The van der Waals surface area contributed by atoms with Crippen LogP contribution >= 0.6 is 0 Å². The van der Waals surface area contributed by atoms with Crippen LogP contribution in [-0.2, 0) is 11.8 Å². The number of amides is 1. The minimum atomic E-state index is -0.491. The Morgan fingerprint density at radius 1 is 1.41 bits per heavy atom. The van der Waals surface area contributed by atoms with Crippen molar-refractivity contribution in [3.05, 3.63) is 11.9 Å². The largest absolute Gasteiger partial charge is 0.322 e. The Hall–Kier alpha value is -1.36. The molecule has 5 nitrogen and oxygen atoms in total. The van der Waals surface area contributed by atoms with E-state index in [0.29, 0.717) is 0 Å². The maximum absolute atomic E-state index is 11.9. The second-order valence-electron chi connectivity index (χ2n) is 5.02. The molecule has 1 heterocycles. The van der Waals surface area contributed by atoms with Crippen LogP contribution in [0.1, 0.15) is 39.3 Å². The third-order valence-electron chi connectivity index (χ3n) is 2.68. The van der Waals surface area contributed by atoms with Crippen molar-refractivity contribution in [2.24, 2.45) is 18.7 Å². The lowest BCUT2D eigenvalue weighted by molar-refractivity contribution is -0.118. The molecule has 0 saturated carbocycles. The van der Waals surface area contributed by atoms with Crippen molar-refractivity contribution in [1.82, 2.24) is 9.78 Å². The molecule has 5 heteroatoms. The first-order valence-corrected chi connectivity index (χ1v) is 5.93. The first kappa shape index (κ1) is 13.7. The minimum absolute atomic E-state index is 0.120. The summed E-state index contributed by atoms with van der Waals surface area (Å²) in [5, 5.41) is 7.18. The predicted octanol–water partition coefficient (Wildman–Crippen LogP) is 1.47. The molecule has 0 fully saturated rings. The lowest BCUT2D eigenvalue weighted by Gasteiger charge is -2.15. The Kier molecular flexibility index (Phi) is 4.28. The standard InChI is InChI=1S/C12H22N4O/c1-7(2)10(13)12(17)14-9-6-16(5)15-11(9)8(3)4/h6-8,10H,13H2,1-5H3,(H,14,17)/t10-/m0/s1. The molecular weight excluding hydrogens is 216 g/mol. The van der Waals surface area contributed by atoms with Crippen LogP contribution in [0.3, 0.4) is 0 Å². The lowest BCUT2D eigenvalue weighted by atomic mass is 10.0. The molecule has 0 bridgehead atoms. The highest BCUT2D eigenvalue weighted by molar-refractivity contribution is 5.95. The summed E-state index contributed by atoms with van der Waals surface area (Å²) in [5.41, 5.74) is 7.44. The van der Waals surface area contributed by atoms with Crippen LogP contribution in [0, 0.1) is 5.92 Å². The summed E-state index contributed by atoms with van der Waals surface area (Å²) in [6.07, 6.45) is 1.81. The van der Waals surface area contributed by atoms with E-state index in [-0.39, 0.29) is 17.7 Å². The number of carbonyl (C=O) groups excluding carboxylic acids is 1. The van der Waals surface area contributed by atoms with Gasteiger partial charge in [-0.25, -0.2) is 0 Å². The third-order valence-corrected chi connectivity index (χ3v) is 2.68. The first-order chi connectivity index (χ1) is 7.82. The Bertz CT molecular complexity index is 395. The van der Waals surface area contributed by atoms with Gasteiger partial charge in [-0.3, -0.25) is 9.48 Å². The number of rotatable bonds is 4. The van der Waals surface area contributed by atoms with Gasteiger partial charge in [0.15, 0.2) is 0 Å². The van der Waals surface area contributed by atoms with Gasteiger partial charge in [0.1, 0.15) is 0 Å². The lowest BCUT2D eigenvalue weighted by Crippen LogP contribution is -2.39. The van der Waals surface area contributed by atoms with E-state index in [4.69, 9.17) is 5.73 Å². The smallest absolute Gasteiger partial charge is 0.241 e. The van der Waals surface area contributed by atoms with E-state index in [1.165, 1.54) is 0 Å². The van der Waals surface area contributed by atoms with E-state index < -0.39 is 6.04 Å². The van der Waals surface area contributed by atoms with E-state index in [1.807, 2.05) is 34.7 Å². The number of hydrogen-bond donors (Lipinski definition) is 2. The SMILES string of the molecule is CC(C)c1nn(C)cc1NC(=O)[C@@H](N)C(C)C. The van der Waals surface area contributed by atoms with Gasteiger partial charge in [0, 0.05) is 13.2 Å². The van der Waals surface area contributed by atoms with Crippen molar-refractivity contribution in [1.29, 1.82) is 0 Å². The molecule has 0 aliphatic heterocycles. The van der Waals surface area contributed by atoms with Gasteiger partial charge < -0.3 is 11.1 Å². The zero-order valence-electron chi connectivity index (χ0n) is 11.2. The Labute approximate surface area is 102 Å². The summed E-state index contributed by atoms with van der Waals surface area (Å²) in [5.74, 6) is 0.228. The van der Waals surface area contributed by atoms with E-state index in [1.54, 1.807) is 10.9 Å². The van der Waals surface area contributed by atoms with Crippen LogP contribution in [0.5, 0.6) is 0 Å². The molecule has 1 rings (SSSR count). The van der Waals surface area contributed by atoms with Crippen LogP contribution in [0.15, 0.2) is 6.20 Å². The summed E-state index contributed by atoms with van der Waals surface area (Å²) < 4.78 is 1.70. The van der Waals surface area contributed by atoms with Gasteiger partial charge in [-0.15, -0.1) is 0 Å². The van der Waals surface area contributed by atoms with E-state index in [0.717, 1.165) is 11.4 Å². The van der Waals surface area contributed by atoms with Gasteiger partial charge in [0.25, 0.3) is 0 Å². The molecule has 0 saturated heterocycles. The molecule has 1 aromatic heterocycles. The van der Waals surface area contributed by atoms with Crippen LogP contribution in [-0.4, -0.2) is 21.7 Å². The molecule has 17 heavy (non-hydrogen) atoms. The van der Waals surface area contributed by atoms with Crippen molar-refractivity contribution in [3.8, 4) is 0 Å². The van der Waals surface area contributed by atoms with Gasteiger partial charge in [0.2, 0.25) is 5.91 Å². The minimum Gasteiger partial charge on any atom is -0.322 e. The molecule has 0 spiro atoms.